The topological polar surface area (TPSA) is 173 Å². The first kappa shape index (κ1) is 22.9. The Morgan fingerprint density at radius 2 is 1.62 bits per heavy atom. The Labute approximate surface area is 182 Å². The van der Waals surface area contributed by atoms with Crippen molar-refractivity contribution in [3.05, 3.63) is 77.0 Å². The van der Waals surface area contributed by atoms with E-state index in [1.807, 2.05) is 48.5 Å². The van der Waals surface area contributed by atoms with Crippen LogP contribution in [0.5, 0.6) is 0 Å². The molecule has 4 rings (SSSR count). The molecule has 0 saturated carbocycles. The van der Waals surface area contributed by atoms with Crippen LogP contribution in [0, 0.1) is 0 Å². The average molecular weight is 457 g/mol. The van der Waals surface area contributed by atoms with E-state index in [2.05, 4.69) is 15.0 Å². The van der Waals surface area contributed by atoms with Gasteiger partial charge in [0.05, 0.1) is 11.0 Å². The van der Waals surface area contributed by atoms with Gasteiger partial charge in [-0.25, -0.2) is 4.79 Å². The number of aromatic amines is 2. The molecule has 0 aliphatic heterocycles. The fraction of sp³-hybridized carbons (Fsp3) is 0.0952. The van der Waals surface area contributed by atoms with Crippen LogP contribution in [-0.2, 0) is 21.6 Å². The van der Waals surface area contributed by atoms with E-state index in [1.165, 1.54) is 0 Å². The van der Waals surface area contributed by atoms with Crippen molar-refractivity contribution in [3.63, 3.8) is 0 Å². The Bertz CT molecular complexity index is 1400. The molecule has 4 aromatic rings. The number of benzene rings is 2. The number of carboxylic acid groups (broad SMARTS) is 1. The smallest absolute Gasteiger partial charge is 0.394 e. The summed E-state index contributed by atoms with van der Waals surface area (Å²) in [4.78, 5) is 32.2. The van der Waals surface area contributed by atoms with Crippen LogP contribution in [0.3, 0.4) is 0 Å². The quantitative estimate of drug-likeness (QED) is 0.284. The van der Waals surface area contributed by atoms with E-state index in [1.54, 1.807) is 12.4 Å². The van der Waals surface area contributed by atoms with Crippen molar-refractivity contribution in [2.75, 3.05) is 0 Å². The summed E-state index contributed by atoms with van der Waals surface area (Å²) in [5, 5.41) is 9.11. The molecular formula is C21H19N3O7S. The summed E-state index contributed by atoms with van der Waals surface area (Å²) in [5.41, 5.74) is 6.00. The Kier molecular flexibility index (Phi) is 6.83. The van der Waals surface area contributed by atoms with E-state index in [9.17, 15) is 9.59 Å². The third kappa shape index (κ3) is 6.35. The van der Waals surface area contributed by atoms with Crippen LogP contribution in [0.15, 0.2) is 65.7 Å². The molecule has 0 aliphatic rings. The van der Waals surface area contributed by atoms with Crippen molar-refractivity contribution in [2.24, 2.45) is 0 Å². The summed E-state index contributed by atoms with van der Waals surface area (Å²) in [6.45, 7) is 0. The number of imidazole rings is 1. The third-order valence-corrected chi connectivity index (χ3v) is 4.54. The molecule has 0 unspecified atom stereocenters. The SMILES string of the molecule is O=C(O)CCc1cc(-c2cccnc2)ccc1-c1ccc2[nH]c(=O)[nH]c2c1.O=S(=O)(O)O. The monoisotopic (exact) mass is 457 g/mol. The number of aryl methyl sites for hydroxylation is 1. The predicted octanol–water partition coefficient (Wildman–Crippen LogP) is 2.95. The minimum Gasteiger partial charge on any atom is -0.481 e. The van der Waals surface area contributed by atoms with Gasteiger partial charge < -0.3 is 15.1 Å². The molecule has 0 spiro atoms. The summed E-state index contributed by atoms with van der Waals surface area (Å²) in [6.07, 6.45) is 3.97. The van der Waals surface area contributed by atoms with Gasteiger partial charge in [-0.3, -0.25) is 18.9 Å². The van der Waals surface area contributed by atoms with Crippen LogP contribution >= 0.6 is 0 Å². The molecule has 0 atom stereocenters. The van der Waals surface area contributed by atoms with Gasteiger partial charge in [-0.05, 0) is 52.4 Å². The summed E-state index contributed by atoms with van der Waals surface area (Å²) in [7, 11) is -4.67. The van der Waals surface area contributed by atoms with Gasteiger partial charge >= 0.3 is 22.1 Å². The number of pyridine rings is 1. The summed E-state index contributed by atoms with van der Waals surface area (Å²) in [6, 6.07) is 15.5. The number of carboxylic acids is 1. The zero-order valence-corrected chi connectivity index (χ0v) is 17.3. The Morgan fingerprint density at radius 3 is 2.28 bits per heavy atom. The number of carbonyl (C=O) groups is 1. The van der Waals surface area contributed by atoms with Gasteiger partial charge in [0.15, 0.2) is 0 Å². The van der Waals surface area contributed by atoms with Crippen molar-refractivity contribution in [2.45, 2.75) is 12.8 Å². The Morgan fingerprint density at radius 1 is 0.938 bits per heavy atom. The Hall–Kier alpha value is -3.80. The van der Waals surface area contributed by atoms with Crippen LogP contribution in [0.25, 0.3) is 33.3 Å². The van der Waals surface area contributed by atoms with Gasteiger partial charge in [0.25, 0.3) is 0 Å². The third-order valence-electron chi connectivity index (χ3n) is 4.54. The molecule has 5 N–H and O–H groups in total. The van der Waals surface area contributed by atoms with Crippen molar-refractivity contribution in [3.8, 4) is 22.3 Å². The molecule has 0 radical (unpaired) electrons. The number of rotatable bonds is 5. The van der Waals surface area contributed by atoms with E-state index in [4.69, 9.17) is 22.6 Å². The van der Waals surface area contributed by atoms with Crippen LogP contribution in [0.2, 0.25) is 0 Å². The van der Waals surface area contributed by atoms with E-state index < -0.39 is 16.4 Å². The molecule has 10 nitrogen and oxygen atoms in total. The van der Waals surface area contributed by atoms with Gasteiger partial charge in [0.2, 0.25) is 0 Å². The summed E-state index contributed by atoms with van der Waals surface area (Å²) in [5.74, 6) is -0.835. The highest BCUT2D eigenvalue weighted by atomic mass is 32.3. The first-order chi connectivity index (χ1) is 15.1. The largest absolute Gasteiger partial charge is 0.481 e. The lowest BCUT2D eigenvalue weighted by atomic mass is 9.93. The predicted molar refractivity (Wildman–Crippen MR) is 118 cm³/mol. The molecule has 2 aromatic heterocycles. The zero-order valence-electron chi connectivity index (χ0n) is 16.5. The first-order valence-electron chi connectivity index (χ1n) is 9.27. The minimum absolute atomic E-state index is 0.0483. The second-order valence-corrected chi connectivity index (χ2v) is 7.69. The molecular weight excluding hydrogens is 438 g/mol. The molecule has 0 amide bonds. The van der Waals surface area contributed by atoms with Gasteiger partial charge in [-0.2, -0.15) is 8.42 Å². The fourth-order valence-corrected chi connectivity index (χ4v) is 3.24. The van der Waals surface area contributed by atoms with Crippen LogP contribution in [0.4, 0.5) is 0 Å². The molecule has 2 aromatic carbocycles. The van der Waals surface area contributed by atoms with Crippen molar-refractivity contribution < 1.29 is 27.4 Å². The van der Waals surface area contributed by atoms with Crippen LogP contribution in [-0.4, -0.2) is 43.6 Å². The lowest BCUT2D eigenvalue weighted by molar-refractivity contribution is -0.136. The Balaban J connectivity index is 0.000000523. The van der Waals surface area contributed by atoms with E-state index in [0.29, 0.717) is 6.42 Å². The average Bonchev–Trinajstić information content (AvgIpc) is 3.10. The number of aromatic nitrogens is 3. The lowest BCUT2D eigenvalue weighted by Crippen LogP contribution is -1.99. The van der Waals surface area contributed by atoms with Gasteiger partial charge in [0.1, 0.15) is 0 Å². The van der Waals surface area contributed by atoms with E-state index >= 15 is 0 Å². The molecule has 11 heteroatoms. The number of H-pyrrole nitrogens is 2. The highest BCUT2D eigenvalue weighted by Gasteiger charge is 2.11. The molecule has 0 saturated heterocycles. The molecule has 2 heterocycles. The maximum absolute atomic E-state index is 11.5. The second kappa shape index (κ2) is 9.56. The fourth-order valence-electron chi connectivity index (χ4n) is 3.24. The molecule has 0 fully saturated rings. The highest BCUT2D eigenvalue weighted by Crippen LogP contribution is 2.31. The van der Waals surface area contributed by atoms with Gasteiger partial charge in [0, 0.05) is 18.8 Å². The maximum atomic E-state index is 11.5. The second-order valence-electron chi connectivity index (χ2n) is 6.79. The number of aliphatic carboxylic acids is 1. The summed E-state index contributed by atoms with van der Waals surface area (Å²) < 4.78 is 31.6. The lowest BCUT2D eigenvalue weighted by Gasteiger charge is -2.12. The first-order valence-corrected chi connectivity index (χ1v) is 10.7. The molecule has 166 valence electrons. The molecule has 0 aliphatic carbocycles. The normalized spacial score (nSPS) is 11.1. The van der Waals surface area contributed by atoms with Crippen LogP contribution < -0.4 is 5.69 Å². The highest BCUT2D eigenvalue weighted by molar-refractivity contribution is 7.79. The number of hydrogen-bond donors (Lipinski definition) is 5. The van der Waals surface area contributed by atoms with E-state index in [0.717, 1.165) is 38.9 Å². The van der Waals surface area contributed by atoms with Gasteiger partial charge in [-0.1, -0.05) is 30.3 Å². The standard InChI is InChI=1S/C21H17N3O3.H2O4S/c25-20(26)8-5-14-10-13(16-2-1-9-22-12-16)3-6-17(14)15-4-7-18-19(11-15)24-21(27)23-18;1-5(2,3)4/h1-4,6-7,9-12H,5,8H2,(H,25,26)(H2,23,24,27);(H2,1,2,3,4). The van der Waals surface area contributed by atoms with Crippen molar-refractivity contribution in [1.29, 1.82) is 0 Å². The summed E-state index contributed by atoms with van der Waals surface area (Å²) >= 11 is 0. The molecule has 0 bridgehead atoms. The van der Waals surface area contributed by atoms with E-state index in [-0.39, 0.29) is 12.1 Å². The minimum atomic E-state index is -4.67. The number of nitrogens with one attached hydrogen (secondary N) is 2. The van der Waals surface area contributed by atoms with Gasteiger partial charge in [-0.15, -0.1) is 0 Å². The number of nitrogens with zero attached hydrogens (tertiary/aromatic N) is 1. The maximum Gasteiger partial charge on any atom is 0.394 e. The van der Waals surface area contributed by atoms with Crippen LogP contribution in [0.1, 0.15) is 12.0 Å². The number of fused-ring (bicyclic) bond motifs is 1. The van der Waals surface area contributed by atoms with Crippen molar-refractivity contribution in [1.82, 2.24) is 15.0 Å². The number of hydrogen-bond acceptors (Lipinski definition) is 5. The van der Waals surface area contributed by atoms with Crippen molar-refractivity contribution >= 4 is 27.4 Å². The molecule has 32 heavy (non-hydrogen) atoms. The zero-order chi connectivity index (χ0) is 23.3.